The third-order valence-electron chi connectivity index (χ3n) is 2.48. The fourth-order valence-corrected chi connectivity index (χ4v) is 1.88. The number of nitrogens with zero attached hydrogens (tertiary/aromatic N) is 5. The van der Waals surface area contributed by atoms with Crippen LogP contribution in [0.15, 0.2) is 18.7 Å². The number of aromatic nitrogens is 6. The normalized spacial score (nSPS) is 11.2. The number of aromatic amines is 1. The van der Waals surface area contributed by atoms with E-state index in [4.69, 9.17) is 11.6 Å². The highest BCUT2D eigenvalue weighted by Gasteiger charge is 2.12. The summed E-state index contributed by atoms with van der Waals surface area (Å²) in [5.41, 5.74) is 2.24. The lowest BCUT2D eigenvalue weighted by Crippen LogP contribution is -2.02. The van der Waals surface area contributed by atoms with Crippen molar-refractivity contribution in [1.29, 1.82) is 0 Å². The Morgan fingerprint density at radius 2 is 2.24 bits per heavy atom. The molecule has 0 unspecified atom stereocenters. The zero-order valence-corrected chi connectivity index (χ0v) is 9.81. The average molecular weight is 249 g/mol. The van der Waals surface area contributed by atoms with Crippen LogP contribution in [0.4, 0.5) is 0 Å². The van der Waals surface area contributed by atoms with Gasteiger partial charge in [0, 0.05) is 0 Å². The van der Waals surface area contributed by atoms with E-state index in [1.165, 1.54) is 6.33 Å². The zero-order chi connectivity index (χ0) is 11.8. The molecule has 86 valence electrons. The van der Waals surface area contributed by atoms with E-state index in [2.05, 4.69) is 25.0 Å². The third-order valence-corrected chi connectivity index (χ3v) is 2.75. The second-order valence-corrected chi connectivity index (χ2v) is 3.91. The molecule has 7 heteroatoms. The molecule has 0 radical (unpaired) electrons. The first-order valence-corrected chi connectivity index (χ1v) is 5.56. The minimum atomic E-state index is 0.524. The Hall–Kier alpha value is -1.95. The van der Waals surface area contributed by atoms with Gasteiger partial charge in [0.05, 0.1) is 12.0 Å². The van der Waals surface area contributed by atoms with Gasteiger partial charge in [-0.3, -0.25) is 0 Å². The van der Waals surface area contributed by atoms with Gasteiger partial charge in [-0.05, 0) is 12.5 Å². The first kappa shape index (κ1) is 10.2. The van der Waals surface area contributed by atoms with Gasteiger partial charge in [-0.1, -0.05) is 18.5 Å². The van der Waals surface area contributed by atoms with Crippen molar-refractivity contribution in [3.63, 3.8) is 0 Å². The van der Waals surface area contributed by atoms with E-state index in [1.54, 1.807) is 11.0 Å². The van der Waals surface area contributed by atoms with Gasteiger partial charge in [0.15, 0.2) is 11.5 Å². The lowest BCUT2D eigenvalue weighted by Gasteiger charge is -2.01. The minimum Gasteiger partial charge on any atom is -0.340 e. The number of fused-ring (bicyclic) bond motifs is 1. The predicted octanol–water partition coefficient (Wildman–Crippen LogP) is 1.75. The summed E-state index contributed by atoms with van der Waals surface area (Å²) < 4.78 is 1.59. The number of hydrogen-bond acceptors (Lipinski definition) is 4. The molecule has 0 aromatic carbocycles. The van der Waals surface area contributed by atoms with Gasteiger partial charge in [0.2, 0.25) is 0 Å². The maximum absolute atomic E-state index is 6.13. The van der Waals surface area contributed by atoms with Crippen molar-refractivity contribution in [2.24, 2.45) is 0 Å². The fraction of sp³-hybridized carbons (Fsp3) is 0.200. The van der Waals surface area contributed by atoms with E-state index in [1.807, 2.05) is 13.0 Å². The monoisotopic (exact) mass is 248 g/mol. The molecule has 0 saturated carbocycles. The van der Waals surface area contributed by atoms with E-state index < -0.39 is 0 Å². The van der Waals surface area contributed by atoms with Gasteiger partial charge < -0.3 is 4.98 Å². The van der Waals surface area contributed by atoms with Gasteiger partial charge in [-0.2, -0.15) is 5.10 Å². The second kappa shape index (κ2) is 3.81. The largest absolute Gasteiger partial charge is 0.340 e. The van der Waals surface area contributed by atoms with Crippen LogP contribution in [0.1, 0.15) is 12.6 Å². The summed E-state index contributed by atoms with van der Waals surface area (Å²) in [6, 6.07) is 1.83. The summed E-state index contributed by atoms with van der Waals surface area (Å²) in [7, 11) is 0. The molecular weight excluding hydrogens is 240 g/mol. The smallest absolute Gasteiger partial charge is 0.184 e. The molecule has 0 spiro atoms. The van der Waals surface area contributed by atoms with E-state index in [0.29, 0.717) is 16.6 Å². The summed E-state index contributed by atoms with van der Waals surface area (Å²) >= 11 is 6.13. The van der Waals surface area contributed by atoms with E-state index in [-0.39, 0.29) is 0 Å². The maximum Gasteiger partial charge on any atom is 0.184 e. The summed E-state index contributed by atoms with van der Waals surface area (Å²) in [6.45, 7) is 2.02. The van der Waals surface area contributed by atoms with Gasteiger partial charge >= 0.3 is 0 Å². The standard InChI is InChI=1S/C10H9ClN6/c1-2-6-3-7(11)17(16-6)10-8-9(13-4-12-8)14-5-15-10/h3-5H,2H2,1H3,(H,12,13,14,15). The molecule has 0 aliphatic heterocycles. The highest BCUT2D eigenvalue weighted by Crippen LogP contribution is 2.20. The number of rotatable bonds is 2. The molecule has 0 fully saturated rings. The number of nitrogens with one attached hydrogen (secondary N) is 1. The molecule has 0 aliphatic carbocycles. The molecule has 0 bridgehead atoms. The Morgan fingerprint density at radius 1 is 1.35 bits per heavy atom. The Morgan fingerprint density at radius 3 is 3.00 bits per heavy atom. The van der Waals surface area contributed by atoms with Crippen molar-refractivity contribution in [1.82, 2.24) is 29.7 Å². The highest BCUT2D eigenvalue weighted by atomic mass is 35.5. The summed E-state index contributed by atoms with van der Waals surface area (Å²) in [5, 5.41) is 4.90. The van der Waals surface area contributed by atoms with Crippen LogP contribution in [0.3, 0.4) is 0 Å². The van der Waals surface area contributed by atoms with Crippen LogP contribution in [-0.4, -0.2) is 29.7 Å². The molecule has 0 amide bonds. The van der Waals surface area contributed by atoms with Crippen molar-refractivity contribution in [2.45, 2.75) is 13.3 Å². The first-order chi connectivity index (χ1) is 8.29. The Kier molecular flexibility index (Phi) is 2.29. The van der Waals surface area contributed by atoms with Crippen LogP contribution in [0, 0.1) is 0 Å². The highest BCUT2D eigenvalue weighted by molar-refractivity contribution is 6.29. The number of halogens is 1. The quantitative estimate of drug-likeness (QED) is 0.750. The van der Waals surface area contributed by atoms with E-state index >= 15 is 0 Å². The van der Waals surface area contributed by atoms with Gasteiger partial charge in [-0.15, -0.1) is 0 Å². The number of imidazole rings is 1. The molecule has 3 rings (SSSR count). The SMILES string of the molecule is CCc1cc(Cl)n(-c2ncnc3nc[nH]c23)n1. The van der Waals surface area contributed by atoms with Crippen LogP contribution in [-0.2, 0) is 6.42 Å². The van der Waals surface area contributed by atoms with Crippen molar-refractivity contribution in [3.8, 4) is 5.82 Å². The molecule has 1 N–H and O–H groups in total. The summed E-state index contributed by atoms with van der Waals surface area (Å²) in [6.07, 6.45) is 3.84. The Bertz CT molecular complexity index is 670. The fourth-order valence-electron chi connectivity index (χ4n) is 1.64. The van der Waals surface area contributed by atoms with Crippen molar-refractivity contribution in [2.75, 3.05) is 0 Å². The van der Waals surface area contributed by atoms with Crippen LogP contribution < -0.4 is 0 Å². The van der Waals surface area contributed by atoms with Crippen LogP contribution in [0.5, 0.6) is 0 Å². The molecule has 0 aliphatic rings. The molecule has 0 saturated heterocycles. The third kappa shape index (κ3) is 1.57. The van der Waals surface area contributed by atoms with Gasteiger partial charge in [-0.25, -0.2) is 19.6 Å². The molecule has 3 aromatic heterocycles. The molecular formula is C10H9ClN6. The van der Waals surface area contributed by atoms with Gasteiger partial charge in [0.1, 0.15) is 17.0 Å². The summed E-state index contributed by atoms with van der Waals surface area (Å²) in [5.74, 6) is 0.609. The zero-order valence-electron chi connectivity index (χ0n) is 9.05. The molecule has 0 atom stereocenters. The van der Waals surface area contributed by atoms with Crippen molar-refractivity contribution in [3.05, 3.63) is 29.6 Å². The van der Waals surface area contributed by atoms with Crippen molar-refractivity contribution < 1.29 is 0 Å². The Balaban J connectivity index is 2.26. The lowest BCUT2D eigenvalue weighted by atomic mass is 10.3. The lowest BCUT2D eigenvalue weighted by molar-refractivity contribution is 0.818. The maximum atomic E-state index is 6.13. The molecule has 17 heavy (non-hydrogen) atoms. The number of hydrogen-bond donors (Lipinski definition) is 1. The number of aryl methyl sites for hydroxylation is 1. The average Bonchev–Trinajstić information content (AvgIpc) is 2.94. The van der Waals surface area contributed by atoms with Crippen molar-refractivity contribution >= 4 is 22.8 Å². The van der Waals surface area contributed by atoms with Crippen LogP contribution in [0.2, 0.25) is 5.15 Å². The van der Waals surface area contributed by atoms with E-state index in [9.17, 15) is 0 Å². The summed E-state index contributed by atoms with van der Waals surface area (Å²) in [4.78, 5) is 15.3. The Labute approximate surface area is 102 Å². The van der Waals surface area contributed by atoms with Gasteiger partial charge in [0.25, 0.3) is 0 Å². The number of H-pyrrole nitrogens is 1. The minimum absolute atomic E-state index is 0.524. The van der Waals surface area contributed by atoms with Crippen LogP contribution in [0.25, 0.3) is 17.0 Å². The topological polar surface area (TPSA) is 72.3 Å². The van der Waals surface area contributed by atoms with E-state index in [0.717, 1.165) is 17.6 Å². The molecule has 3 aromatic rings. The molecule has 6 nitrogen and oxygen atoms in total. The predicted molar refractivity (Wildman–Crippen MR) is 63.2 cm³/mol. The second-order valence-electron chi connectivity index (χ2n) is 3.52. The van der Waals surface area contributed by atoms with Crippen LogP contribution >= 0.6 is 11.6 Å². The first-order valence-electron chi connectivity index (χ1n) is 5.18. The molecule has 3 heterocycles.